The molecule has 1 saturated heterocycles. The third-order valence-electron chi connectivity index (χ3n) is 2.98. The molecule has 1 unspecified atom stereocenters. The van der Waals surface area contributed by atoms with Crippen LogP contribution in [0, 0.1) is 10.5 Å². The molecule has 0 aromatic heterocycles. The summed E-state index contributed by atoms with van der Waals surface area (Å²) in [6, 6.07) is 4.03. The molecule has 1 atom stereocenters. The average Bonchev–Trinajstić information content (AvgIpc) is 2.44. The second kappa shape index (κ2) is 7.69. The fraction of sp³-hybridized carbons (Fsp3) is 0.571. The number of hydrogen-bond donors (Lipinski definition) is 0. The zero-order valence-corrected chi connectivity index (χ0v) is 14.7. The Morgan fingerprint density at radius 3 is 2.95 bits per heavy atom. The summed E-state index contributed by atoms with van der Waals surface area (Å²) in [6.45, 7) is 3.49. The van der Waals surface area contributed by atoms with E-state index in [0.717, 1.165) is 45.4 Å². The van der Waals surface area contributed by atoms with Crippen LogP contribution in [-0.2, 0) is 4.74 Å². The normalized spacial score (nSPS) is 19.2. The summed E-state index contributed by atoms with van der Waals surface area (Å²) in [5.74, 6) is 1.76. The van der Waals surface area contributed by atoms with Crippen molar-refractivity contribution in [1.82, 2.24) is 0 Å². The van der Waals surface area contributed by atoms with E-state index in [0.29, 0.717) is 6.61 Å². The van der Waals surface area contributed by atoms with Crippen LogP contribution in [0.1, 0.15) is 24.8 Å². The molecule has 19 heavy (non-hydrogen) atoms. The van der Waals surface area contributed by atoms with Crippen molar-refractivity contribution in [3.05, 3.63) is 21.3 Å². The van der Waals surface area contributed by atoms with Crippen LogP contribution in [0.4, 0.5) is 0 Å². The van der Waals surface area contributed by atoms with Crippen molar-refractivity contribution >= 4 is 38.5 Å². The molecule has 1 aromatic rings. The Morgan fingerprint density at radius 2 is 2.26 bits per heavy atom. The molecule has 0 N–H and O–H groups in total. The van der Waals surface area contributed by atoms with E-state index in [1.165, 1.54) is 6.42 Å². The molecular weight excluding hydrogens is 423 g/mol. The van der Waals surface area contributed by atoms with Crippen LogP contribution in [0.25, 0.3) is 0 Å². The SMILES string of the molecule is Cc1ccc(OCCBr)c(I)c1OC1CCCCO1. The maximum Gasteiger partial charge on any atom is 0.199 e. The highest BCUT2D eigenvalue weighted by atomic mass is 127. The van der Waals surface area contributed by atoms with E-state index in [4.69, 9.17) is 14.2 Å². The van der Waals surface area contributed by atoms with Gasteiger partial charge in [-0.15, -0.1) is 0 Å². The van der Waals surface area contributed by atoms with Gasteiger partial charge in [0.25, 0.3) is 0 Å². The van der Waals surface area contributed by atoms with Crippen LogP contribution in [0.15, 0.2) is 12.1 Å². The van der Waals surface area contributed by atoms with Crippen LogP contribution in [0.3, 0.4) is 0 Å². The van der Waals surface area contributed by atoms with Gasteiger partial charge in [0, 0.05) is 11.8 Å². The molecule has 1 aliphatic rings. The Kier molecular flexibility index (Phi) is 6.22. The number of hydrogen-bond acceptors (Lipinski definition) is 3. The summed E-state index contributed by atoms with van der Waals surface area (Å²) in [5.41, 5.74) is 1.12. The lowest BCUT2D eigenvalue weighted by Gasteiger charge is -2.25. The topological polar surface area (TPSA) is 27.7 Å². The first-order valence-electron chi connectivity index (χ1n) is 6.48. The first kappa shape index (κ1) is 15.4. The van der Waals surface area contributed by atoms with Crippen molar-refractivity contribution < 1.29 is 14.2 Å². The zero-order valence-electron chi connectivity index (χ0n) is 11.0. The molecule has 1 aliphatic heterocycles. The molecule has 3 nitrogen and oxygen atoms in total. The second-order valence-corrected chi connectivity index (χ2v) is 6.35. The Balaban J connectivity index is 2.13. The minimum absolute atomic E-state index is 0.118. The predicted octanol–water partition coefficient (Wildman–Crippen LogP) is 4.28. The first-order chi connectivity index (χ1) is 9.22. The van der Waals surface area contributed by atoms with Crippen LogP contribution in [-0.4, -0.2) is 24.8 Å². The van der Waals surface area contributed by atoms with E-state index < -0.39 is 0 Å². The summed E-state index contributed by atoms with van der Waals surface area (Å²) >= 11 is 5.65. The van der Waals surface area contributed by atoms with E-state index in [9.17, 15) is 0 Å². The van der Waals surface area contributed by atoms with Gasteiger partial charge in [0.05, 0.1) is 16.8 Å². The molecule has 0 bridgehead atoms. The van der Waals surface area contributed by atoms with Gasteiger partial charge in [-0.2, -0.15) is 0 Å². The highest BCUT2D eigenvalue weighted by Crippen LogP contribution is 2.35. The van der Waals surface area contributed by atoms with Crippen molar-refractivity contribution in [2.75, 3.05) is 18.5 Å². The van der Waals surface area contributed by atoms with Gasteiger partial charge >= 0.3 is 0 Å². The van der Waals surface area contributed by atoms with Gasteiger partial charge in [-0.3, -0.25) is 0 Å². The maximum absolute atomic E-state index is 6.02. The standard InChI is InChI=1S/C14H18BrIO3/c1-10-5-6-11(17-9-7-15)13(16)14(10)19-12-4-2-3-8-18-12/h5-6,12H,2-4,7-9H2,1H3. The molecule has 2 rings (SSSR count). The molecule has 0 aliphatic carbocycles. The molecule has 0 amide bonds. The third kappa shape index (κ3) is 4.23. The lowest BCUT2D eigenvalue weighted by atomic mass is 10.2. The minimum atomic E-state index is -0.118. The van der Waals surface area contributed by atoms with Crippen LogP contribution < -0.4 is 9.47 Å². The molecule has 0 radical (unpaired) electrons. The molecule has 1 heterocycles. The van der Waals surface area contributed by atoms with Crippen LogP contribution >= 0.6 is 38.5 Å². The van der Waals surface area contributed by atoms with E-state index in [2.05, 4.69) is 45.4 Å². The number of rotatable bonds is 5. The number of alkyl halides is 1. The lowest BCUT2D eigenvalue weighted by Crippen LogP contribution is -2.25. The smallest absolute Gasteiger partial charge is 0.199 e. The molecule has 106 valence electrons. The second-order valence-electron chi connectivity index (χ2n) is 4.48. The number of benzene rings is 1. The Morgan fingerprint density at radius 1 is 1.42 bits per heavy atom. The van der Waals surface area contributed by atoms with Gasteiger partial charge in [0.15, 0.2) is 6.29 Å². The summed E-state index contributed by atoms with van der Waals surface area (Å²) in [6.07, 6.45) is 3.14. The van der Waals surface area contributed by atoms with Gasteiger partial charge in [-0.25, -0.2) is 0 Å². The zero-order chi connectivity index (χ0) is 13.7. The number of ether oxygens (including phenoxy) is 3. The van der Waals surface area contributed by atoms with Gasteiger partial charge < -0.3 is 14.2 Å². The van der Waals surface area contributed by atoms with Crippen LogP contribution in [0.2, 0.25) is 0 Å². The lowest BCUT2D eigenvalue weighted by molar-refractivity contribution is -0.106. The first-order valence-corrected chi connectivity index (χ1v) is 8.68. The molecule has 1 fully saturated rings. The molecule has 0 saturated carbocycles. The summed E-state index contributed by atoms with van der Waals surface area (Å²) in [5, 5.41) is 0.818. The van der Waals surface area contributed by atoms with E-state index in [-0.39, 0.29) is 6.29 Å². The van der Waals surface area contributed by atoms with E-state index in [1.54, 1.807) is 0 Å². The maximum atomic E-state index is 6.02. The Hall–Kier alpha value is -0.0100. The predicted molar refractivity (Wildman–Crippen MR) is 87.4 cm³/mol. The Bertz CT molecular complexity index is 419. The molecule has 0 spiro atoms. The largest absolute Gasteiger partial charge is 0.491 e. The highest BCUT2D eigenvalue weighted by molar-refractivity contribution is 14.1. The van der Waals surface area contributed by atoms with Crippen molar-refractivity contribution in [1.29, 1.82) is 0 Å². The summed E-state index contributed by atoms with van der Waals surface area (Å²) < 4.78 is 18.4. The molecular formula is C14H18BrIO3. The fourth-order valence-corrected chi connectivity index (χ4v) is 3.02. The van der Waals surface area contributed by atoms with Crippen molar-refractivity contribution in [3.8, 4) is 11.5 Å². The van der Waals surface area contributed by atoms with E-state index in [1.807, 2.05) is 12.1 Å². The van der Waals surface area contributed by atoms with Gasteiger partial charge in [-0.05, 0) is 54.0 Å². The molecule has 1 aromatic carbocycles. The van der Waals surface area contributed by atoms with Gasteiger partial charge in [0.1, 0.15) is 11.5 Å². The number of halogens is 2. The van der Waals surface area contributed by atoms with Crippen LogP contribution in [0.5, 0.6) is 11.5 Å². The van der Waals surface area contributed by atoms with Gasteiger partial charge in [0.2, 0.25) is 0 Å². The monoisotopic (exact) mass is 440 g/mol. The Labute approximate surface area is 136 Å². The van der Waals surface area contributed by atoms with E-state index >= 15 is 0 Å². The minimum Gasteiger partial charge on any atom is -0.491 e. The number of aryl methyl sites for hydroxylation is 1. The fourth-order valence-electron chi connectivity index (χ4n) is 1.97. The van der Waals surface area contributed by atoms with Crippen molar-refractivity contribution in [2.45, 2.75) is 32.5 Å². The summed E-state index contributed by atoms with van der Waals surface area (Å²) in [4.78, 5) is 0. The molecule has 5 heteroatoms. The average molecular weight is 441 g/mol. The summed E-state index contributed by atoms with van der Waals surface area (Å²) in [7, 11) is 0. The third-order valence-corrected chi connectivity index (χ3v) is 4.33. The van der Waals surface area contributed by atoms with Gasteiger partial charge in [-0.1, -0.05) is 22.0 Å². The highest BCUT2D eigenvalue weighted by Gasteiger charge is 2.19. The van der Waals surface area contributed by atoms with Crippen molar-refractivity contribution in [3.63, 3.8) is 0 Å². The van der Waals surface area contributed by atoms with Crippen molar-refractivity contribution in [2.24, 2.45) is 0 Å². The quantitative estimate of drug-likeness (QED) is 0.505.